The predicted molar refractivity (Wildman–Crippen MR) is 146 cm³/mol. The fourth-order valence-corrected chi connectivity index (χ4v) is 5.47. The van der Waals surface area contributed by atoms with E-state index in [2.05, 4.69) is 36.9 Å². The lowest BCUT2D eigenvalue weighted by Crippen LogP contribution is -2.36. The molecule has 1 aliphatic carbocycles. The molecule has 2 aliphatic rings. The van der Waals surface area contributed by atoms with Crippen LogP contribution in [0.5, 0.6) is 0 Å². The van der Waals surface area contributed by atoms with Crippen LogP contribution in [0.2, 0.25) is 10.0 Å². The highest BCUT2D eigenvalue weighted by Gasteiger charge is 2.32. The van der Waals surface area contributed by atoms with Gasteiger partial charge in [-0.25, -0.2) is 9.07 Å². The van der Waals surface area contributed by atoms with Crippen molar-refractivity contribution in [3.05, 3.63) is 69.8 Å². The van der Waals surface area contributed by atoms with E-state index in [1.165, 1.54) is 31.2 Å². The topological polar surface area (TPSA) is 94.7 Å². The molecule has 1 saturated heterocycles. The molecule has 8 nitrogen and oxygen atoms in total. The number of hydrogen-bond acceptors (Lipinski definition) is 7. The van der Waals surface area contributed by atoms with Crippen molar-refractivity contribution in [2.45, 2.75) is 44.3 Å². The van der Waals surface area contributed by atoms with Gasteiger partial charge >= 0.3 is 0 Å². The van der Waals surface area contributed by atoms with E-state index in [-0.39, 0.29) is 5.02 Å². The van der Waals surface area contributed by atoms with Crippen molar-refractivity contribution in [1.29, 1.82) is 5.26 Å². The molecular weight excluding hydrogens is 526 g/mol. The van der Waals surface area contributed by atoms with Crippen LogP contribution in [0.15, 0.2) is 42.7 Å². The molecule has 0 unspecified atom stereocenters. The molecule has 194 valence electrons. The molecule has 1 aliphatic heterocycles. The van der Waals surface area contributed by atoms with Crippen molar-refractivity contribution in [1.82, 2.24) is 24.9 Å². The molecule has 2 fully saturated rings. The first-order valence-electron chi connectivity index (χ1n) is 12.6. The van der Waals surface area contributed by atoms with Crippen LogP contribution in [0, 0.1) is 17.1 Å². The second-order valence-corrected chi connectivity index (χ2v) is 10.6. The van der Waals surface area contributed by atoms with E-state index in [0.717, 1.165) is 43.4 Å². The van der Waals surface area contributed by atoms with Crippen LogP contribution in [0.3, 0.4) is 0 Å². The van der Waals surface area contributed by atoms with E-state index in [1.807, 2.05) is 16.9 Å². The van der Waals surface area contributed by atoms with Gasteiger partial charge in [0.1, 0.15) is 17.6 Å². The Morgan fingerprint density at radius 1 is 1.03 bits per heavy atom. The number of fused-ring (bicyclic) bond motifs is 1. The summed E-state index contributed by atoms with van der Waals surface area (Å²) in [7, 11) is 0. The lowest BCUT2D eigenvalue weighted by Gasteiger charge is -2.31. The maximum absolute atomic E-state index is 13.7. The quantitative estimate of drug-likeness (QED) is 0.278. The standard InChI is InChI=1S/C27H25Cl2FN8/c28-23-10-17(1-4-25(23)30)34-26-16(12-31)13-33-27-22(26)9-18(11-24(27)29)32-14-19-15-38(36-35-19)21-5-7-37(8-6-21)20-2-3-20/h1,4,9-11,13,15,20-21,32H,2-3,5-8,14H2,(H,33,34). The number of anilines is 3. The van der Waals surface area contributed by atoms with Crippen molar-refractivity contribution in [3.8, 4) is 6.07 Å². The van der Waals surface area contributed by atoms with Gasteiger partial charge in [0.15, 0.2) is 0 Å². The number of rotatable bonds is 7. The van der Waals surface area contributed by atoms with Crippen LogP contribution in [0.1, 0.15) is 43.0 Å². The molecule has 38 heavy (non-hydrogen) atoms. The van der Waals surface area contributed by atoms with Crippen molar-refractivity contribution in [2.75, 3.05) is 23.7 Å². The van der Waals surface area contributed by atoms with Crippen molar-refractivity contribution in [2.24, 2.45) is 0 Å². The summed E-state index contributed by atoms with van der Waals surface area (Å²) in [5.41, 5.74) is 3.47. The summed E-state index contributed by atoms with van der Waals surface area (Å²) >= 11 is 12.5. The Labute approximate surface area is 229 Å². The molecule has 0 radical (unpaired) electrons. The first-order chi connectivity index (χ1) is 18.5. The van der Waals surface area contributed by atoms with Gasteiger partial charge in [0.2, 0.25) is 0 Å². The Morgan fingerprint density at radius 3 is 2.55 bits per heavy atom. The zero-order valence-corrected chi connectivity index (χ0v) is 22.0. The van der Waals surface area contributed by atoms with Gasteiger partial charge in [-0.05, 0) is 56.0 Å². The maximum Gasteiger partial charge on any atom is 0.141 e. The number of nitrogens with one attached hydrogen (secondary N) is 2. The first-order valence-corrected chi connectivity index (χ1v) is 13.4. The second-order valence-electron chi connectivity index (χ2n) is 9.81. The van der Waals surface area contributed by atoms with Crippen LogP contribution < -0.4 is 10.6 Å². The van der Waals surface area contributed by atoms with Gasteiger partial charge in [0.05, 0.1) is 45.6 Å². The molecule has 0 bridgehead atoms. The molecule has 1 saturated carbocycles. The number of nitriles is 1. The monoisotopic (exact) mass is 550 g/mol. The van der Waals surface area contributed by atoms with E-state index < -0.39 is 5.82 Å². The molecule has 4 aromatic rings. The Hall–Kier alpha value is -3.45. The third-order valence-corrected chi connectivity index (χ3v) is 7.78. The number of hydrogen-bond donors (Lipinski definition) is 2. The van der Waals surface area contributed by atoms with Crippen molar-refractivity contribution in [3.63, 3.8) is 0 Å². The van der Waals surface area contributed by atoms with E-state index in [0.29, 0.717) is 45.5 Å². The summed E-state index contributed by atoms with van der Waals surface area (Å²) in [4.78, 5) is 6.98. The minimum Gasteiger partial charge on any atom is -0.379 e. The summed E-state index contributed by atoms with van der Waals surface area (Å²) in [5, 5.41) is 26.1. The van der Waals surface area contributed by atoms with Gasteiger partial charge in [0.25, 0.3) is 0 Å². The van der Waals surface area contributed by atoms with Crippen LogP contribution in [-0.2, 0) is 6.54 Å². The van der Waals surface area contributed by atoms with Crippen molar-refractivity contribution >= 4 is 51.2 Å². The minimum absolute atomic E-state index is 0.0197. The van der Waals surface area contributed by atoms with E-state index in [1.54, 1.807) is 12.1 Å². The number of likely N-dealkylation sites (tertiary alicyclic amines) is 1. The summed E-state index contributed by atoms with van der Waals surface area (Å²) in [6.07, 6.45) is 8.34. The summed E-state index contributed by atoms with van der Waals surface area (Å²) in [6.45, 7) is 2.71. The number of pyridine rings is 1. The predicted octanol–water partition coefficient (Wildman–Crippen LogP) is 6.30. The highest BCUT2D eigenvalue weighted by Crippen LogP contribution is 2.36. The number of aromatic nitrogens is 4. The van der Waals surface area contributed by atoms with E-state index in [4.69, 9.17) is 23.2 Å². The molecule has 0 spiro atoms. The Bertz CT molecular complexity index is 1540. The minimum atomic E-state index is -0.521. The number of nitrogens with zero attached hydrogens (tertiary/aromatic N) is 6. The number of piperidine rings is 1. The molecule has 3 heterocycles. The summed E-state index contributed by atoms with van der Waals surface area (Å²) in [6, 6.07) is 11.3. The van der Waals surface area contributed by atoms with Gasteiger partial charge in [-0.15, -0.1) is 5.10 Å². The molecule has 0 atom stereocenters. The summed E-state index contributed by atoms with van der Waals surface area (Å²) in [5.74, 6) is -0.521. The molecule has 2 N–H and O–H groups in total. The van der Waals surface area contributed by atoms with E-state index in [9.17, 15) is 9.65 Å². The zero-order chi connectivity index (χ0) is 26.2. The highest BCUT2D eigenvalue weighted by atomic mass is 35.5. The Balaban J connectivity index is 1.21. The second kappa shape index (κ2) is 10.4. The molecule has 0 amide bonds. The summed E-state index contributed by atoms with van der Waals surface area (Å²) < 4.78 is 15.7. The third kappa shape index (κ3) is 5.12. The van der Waals surface area contributed by atoms with Crippen LogP contribution in [0.4, 0.5) is 21.5 Å². The van der Waals surface area contributed by atoms with Crippen molar-refractivity contribution < 1.29 is 4.39 Å². The fourth-order valence-electron chi connectivity index (χ4n) is 5.02. The lowest BCUT2D eigenvalue weighted by atomic mass is 10.1. The highest BCUT2D eigenvalue weighted by molar-refractivity contribution is 6.36. The molecule has 11 heteroatoms. The van der Waals surface area contributed by atoms with Gasteiger partial charge in [-0.2, -0.15) is 5.26 Å². The molecule has 2 aromatic heterocycles. The zero-order valence-electron chi connectivity index (χ0n) is 20.5. The molecular formula is C27H25Cl2FN8. The largest absolute Gasteiger partial charge is 0.379 e. The van der Waals surface area contributed by atoms with Crippen LogP contribution >= 0.6 is 23.2 Å². The lowest BCUT2D eigenvalue weighted by molar-refractivity contribution is 0.171. The normalized spacial score (nSPS) is 16.5. The van der Waals surface area contributed by atoms with Crippen LogP contribution in [0.25, 0.3) is 10.9 Å². The molecule has 2 aromatic carbocycles. The SMILES string of the molecule is N#Cc1cnc2c(Cl)cc(NCc3cn(C4CCN(C5CC5)CC4)nn3)cc2c1Nc1ccc(F)c(Cl)c1. The van der Waals surface area contributed by atoms with Gasteiger partial charge < -0.3 is 15.5 Å². The maximum atomic E-state index is 13.7. The fraction of sp³-hybridized carbons (Fsp3) is 0.333. The Morgan fingerprint density at radius 2 is 1.82 bits per heavy atom. The average Bonchev–Trinajstić information content (AvgIpc) is 3.67. The van der Waals surface area contributed by atoms with Crippen LogP contribution in [-0.4, -0.2) is 44.0 Å². The number of halogens is 3. The van der Waals surface area contributed by atoms with Gasteiger partial charge in [-0.1, -0.05) is 28.4 Å². The van der Waals surface area contributed by atoms with Gasteiger partial charge in [0, 0.05) is 42.1 Å². The first kappa shape index (κ1) is 24.9. The van der Waals surface area contributed by atoms with E-state index >= 15 is 0 Å². The smallest absolute Gasteiger partial charge is 0.141 e. The average molecular weight is 551 g/mol. The molecule has 6 rings (SSSR count). The Kier molecular flexibility index (Phi) is 6.78. The number of benzene rings is 2. The third-order valence-electron chi connectivity index (χ3n) is 7.20. The van der Waals surface area contributed by atoms with Gasteiger partial charge in [-0.3, -0.25) is 4.98 Å².